The summed E-state index contributed by atoms with van der Waals surface area (Å²) in [4.78, 5) is 0. The van der Waals surface area contributed by atoms with E-state index in [0.717, 1.165) is 25.4 Å². The van der Waals surface area contributed by atoms with Crippen LogP contribution in [0.5, 0.6) is 0 Å². The van der Waals surface area contributed by atoms with Crippen LogP contribution >= 0.6 is 0 Å². The Balaban J connectivity index is 1.26. The fraction of sp³-hybridized carbons (Fsp3) is 0.562. The lowest BCUT2D eigenvalue weighted by Gasteiger charge is -2.29. The fourth-order valence-electron chi connectivity index (χ4n) is 6.19. The summed E-state index contributed by atoms with van der Waals surface area (Å²) in [6.45, 7) is 5.13. The zero-order chi connectivity index (χ0) is 23.6. The van der Waals surface area contributed by atoms with Crippen molar-refractivity contribution in [3.63, 3.8) is 0 Å². The lowest BCUT2D eigenvalue weighted by Crippen LogP contribution is -2.18. The van der Waals surface area contributed by atoms with Gasteiger partial charge in [-0.2, -0.15) is 0 Å². The Morgan fingerprint density at radius 2 is 1.21 bits per heavy atom. The first-order valence-electron chi connectivity index (χ1n) is 13.7. The van der Waals surface area contributed by atoms with Gasteiger partial charge < -0.3 is 4.74 Å². The van der Waals surface area contributed by atoms with Crippen LogP contribution < -0.4 is 0 Å². The largest absolute Gasteiger partial charge is 0.377 e. The van der Waals surface area contributed by atoms with Crippen LogP contribution in [0.15, 0.2) is 61.2 Å². The molecule has 0 radical (unpaired) electrons. The molecule has 0 heterocycles. The lowest BCUT2D eigenvalue weighted by molar-refractivity contribution is 0.102. The molecule has 184 valence electrons. The maximum Gasteiger partial charge on any atom is 0.0894 e. The number of alkyl halides is 1. The normalized spacial score (nSPS) is 25.2. The summed E-state index contributed by atoms with van der Waals surface area (Å²) < 4.78 is 18.0. The second kappa shape index (κ2) is 13.2. The van der Waals surface area contributed by atoms with Crippen LogP contribution in [0.1, 0.15) is 93.6 Å². The first-order chi connectivity index (χ1) is 16.8. The van der Waals surface area contributed by atoms with Crippen LogP contribution in [0, 0.1) is 11.8 Å². The molecule has 34 heavy (non-hydrogen) atoms. The van der Waals surface area contributed by atoms with E-state index >= 15 is 0 Å². The quantitative estimate of drug-likeness (QED) is 0.239. The number of ether oxygens (including phenoxy) is 1. The number of unbranched alkanes of at least 4 members (excludes halogenated alkanes) is 1. The molecule has 0 aliphatic heterocycles. The van der Waals surface area contributed by atoms with E-state index in [1.165, 1.54) is 80.0 Å². The first-order valence-corrected chi connectivity index (χ1v) is 13.7. The zero-order valence-electron chi connectivity index (χ0n) is 20.9. The van der Waals surface area contributed by atoms with E-state index in [2.05, 4.69) is 55.1 Å². The van der Waals surface area contributed by atoms with Gasteiger partial charge in [0.2, 0.25) is 0 Å². The average molecular weight is 463 g/mol. The molecule has 2 heteroatoms. The molecule has 0 atom stereocenters. The van der Waals surface area contributed by atoms with Gasteiger partial charge in [-0.15, -0.1) is 6.58 Å². The highest BCUT2D eigenvalue weighted by molar-refractivity contribution is 5.64. The van der Waals surface area contributed by atoms with Gasteiger partial charge in [-0.3, -0.25) is 4.39 Å². The Bertz CT molecular complexity index is 840. The average Bonchev–Trinajstić information content (AvgIpc) is 2.90. The summed E-state index contributed by atoms with van der Waals surface area (Å²) in [5.41, 5.74) is 5.63. The van der Waals surface area contributed by atoms with E-state index in [9.17, 15) is 4.39 Å². The number of halogens is 1. The highest BCUT2D eigenvalue weighted by Crippen LogP contribution is 2.39. The molecule has 2 saturated carbocycles. The van der Waals surface area contributed by atoms with Crippen LogP contribution in [0.4, 0.5) is 4.39 Å². The smallest absolute Gasteiger partial charge is 0.0894 e. The molecule has 2 aliphatic carbocycles. The summed E-state index contributed by atoms with van der Waals surface area (Å²) in [6.07, 6.45) is 15.1. The molecular formula is C32H43FO. The molecule has 0 N–H and O–H groups in total. The fourth-order valence-corrected chi connectivity index (χ4v) is 6.19. The minimum atomic E-state index is -0.155. The van der Waals surface area contributed by atoms with Crippen LogP contribution in [0.2, 0.25) is 0 Å². The second-order valence-corrected chi connectivity index (χ2v) is 10.7. The number of hydrogen-bond donors (Lipinski definition) is 0. The van der Waals surface area contributed by atoms with E-state index in [4.69, 9.17) is 4.74 Å². The number of benzene rings is 2. The number of rotatable bonds is 11. The highest BCUT2D eigenvalue weighted by atomic mass is 19.1. The van der Waals surface area contributed by atoms with E-state index < -0.39 is 0 Å². The third-order valence-corrected chi connectivity index (χ3v) is 8.38. The van der Waals surface area contributed by atoms with Gasteiger partial charge in [0.05, 0.1) is 13.3 Å². The Kier molecular flexibility index (Phi) is 9.80. The summed E-state index contributed by atoms with van der Waals surface area (Å²) >= 11 is 0. The first kappa shape index (κ1) is 25.2. The lowest BCUT2D eigenvalue weighted by atomic mass is 9.77. The maximum atomic E-state index is 12.3. The van der Waals surface area contributed by atoms with Crippen molar-refractivity contribution in [2.75, 3.05) is 19.9 Å². The van der Waals surface area contributed by atoms with E-state index in [1.54, 1.807) is 0 Å². The Morgan fingerprint density at radius 3 is 1.68 bits per heavy atom. The summed E-state index contributed by atoms with van der Waals surface area (Å²) in [7, 11) is 0. The third-order valence-electron chi connectivity index (χ3n) is 8.38. The van der Waals surface area contributed by atoms with Gasteiger partial charge >= 0.3 is 0 Å². The summed E-state index contributed by atoms with van der Waals surface area (Å²) in [6, 6.07) is 18.7. The van der Waals surface area contributed by atoms with Gasteiger partial charge in [-0.1, -0.05) is 67.4 Å². The molecule has 0 bridgehead atoms. The molecule has 1 nitrogen and oxygen atoms in total. The molecule has 0 aromatic heterocycles. The van der Waals surface area contributed by atoms with Crippen LogP contribution in [-0.2, 0) is 4.74 Å². The predicted octanol–water partition coefficient (Wildman–Crippen LogP) is 9.24. The summed E-state index contributed by atoms with van der Waals surface area (Å²) in [5, 5.41) is 0. The van der Waals surface area contributed by atoms with Crippen molar-refractivity contribution in [2.45, 2.75) is 82.5 Å². The van der Waals surface area contributed by atoms with E-state index in [-0.39, 0.29) is 6.67 Å². The van der Waals surface area contributed by atoms with Crippen LogP contribution in [-0.4, -0.2) is 19.9 Å². The molecule has 2 aliphatic rings. The minimum absolute atomic E-state index is 0.155. The van der Waals surface area contributed by atoms with Gasteiger partial charge in [-0.25, -0.2) is 0 Å². The Morgan fingerprint density at radius 1 is 0.706 bits per heavy atom. The molecule has 0 amide bonds. The van der Waals surface area contributed by atoms with Gasteiger partial charge in [-0.05, 0) is 104 Å². The van der Waals surface area contributed by atoms with Crippen molar-refractivity contribution in [2.24, 2.45) is 11.8 Å². The molecule has 4 rings (SSSR count). The van der Waals surface area contributed by atoms with Crippen LogP contribution in [0.25, 0.3) is 11.1 Å². The van der Waals surface area contributed by atoms with E-state index in [1.807, 2.05) is 6.08 Å². The van der Waals surface area contributed by atoms with E-state index in [0.29, 0.717) is 24.4 Å². The molecule has 2 aromatic rings. The maximum absolute atomic E-state index is 12.3. The van der Waals surface area contributed by atoms with Crippen molar-refractivity contribution in [1.82, 2.24) is 0 Å². The predicted molar refractivity (Wildman–Crippen MR) is 142 cm³/mol. The molecule has 2 fully saturated rings. The van der Waals surface area contributed by atoms with Crippen LogP contribution in [0.3, 0.4) is 0 Å². The van der Waals surface area contributed by atoms with Crippen molar-refractivity contribution in [3.8, 4) is 11.1 Å². The molecule has 0 saturated heterocycles. The van der Waals surface area contributed by atoms with Crippen molar-refractivity contribution in [3.05, 3.63) is 72.3 Å². The Hall–Kier alpha value is -1.93. The standard InChI is InChI=1S/C32H43FO/c1-2-23-34-24-26-8-12-28(13-9-26)30-16-20-32(21-17-30)31-18-14-29(15-19-31)27-10-6-25(7-11-27)5-3-4-22-33/h2,14-21,25-28H,1,3-13,22-24H2. The highest BCUT2D eigenvalue weighted by Gasteiger charge is 2.23. The molecule has 0 unspecified atom stereocenters. The molecular weight excluding hydrogens is 419 g/mol. The van der Waals surface area contributed by atoms with Gasteiger partial charge in [0.15, 0.2) is 0 Å². The number of hydrogen-bond acceptors (Lipinski definition) is 1. The zero-order valence-corrected chi connectivity index (χ0v) is 20.9. The minimum Gasteiger partial charge on any atom is -0.377 e. The Labute approximate surface area is 206 Å². The van der Waals surface area contributed by atoms with Crippen molar-refractivity contribution < 1.29 is 9.13 Å². The SMILES string of the molecule is C=CCOCC1CCC(c2ccc(-c3ccc(C4CCC(CCCCF)CC4)cc3)cc2)CC1. The second-order valence-electron chi connectivity index (χ2n) is 10.7. The summed E-state index contributed by atoms with van der Waals surface area (Å²) in [5.74, 6) is 2.93. The van der Waals surface area contributed by atoms with Crippen molar-refractivity contribution >= 4 is 0 Å². The topological polar surface area (TPSA) is 9.23 Å². The third kappa shape index (κ3) is 7.04. The van der Waals surface area contributed by atoms with Gasteiger partial charge in [0.1, 0.15) is 0 Å². The molecule has 2 aromatic carbocycles. The van der Waals surface area contributed by atoms with Gasteiger partial charge in [0, 0.05) is 6.61 Å². The monoisotopic (exact) mass is 462 g/mol. The molecule has 0 spiro atoms. The van der Waals surface area contributed by atoms with Gasteiger partial charge in [0.25, 0.3) is 0 Å². The van der Waals surface area contributed by atoms with Crippen molar-refractivity contribution in [1.29, 1.82) is 0 Å².